The number of hydrogen-bond acceptors (Lipinski definition) is 5. The number of nitrogen functional groups attached to an aromatic ring is 1. The number of fused-ring (bicyclic) bond motifs is 1. The highest BCUT2D eigenvalue weighted by Gasteiger charge is 2.17. The normalized spacial score (nSPS) is 10.8. The molecule has 1 aromatic carbocycles. The van der Waals surface area contributed by atoms with Gasteiger partial charge in [-0.05, 0) is 37.1 Å². The third-order valence-electron chi connectivity index (χ3n) is 3.85. The third-order valence-corrected chi connectivity index (χ3v) is 3.85. The molecule has 3 rings (SSSR count). The van der Waals surface area contributed by atoms with Gasteiger partial charge >= 0.3 is 0 Å². The van der Waals surface area contributed by atoms with Crippen LogP contribution in [-0.4, -0.2) is 14.9 Å². The first-order valence-corrected chi connectivity index (χ1v) is 6.75. The Morgan fingerprint density at radius 3 is 2.64 bits per heavy atom. The van der Waals surface area contributed by atoms with Gasteiger partial charge in [0.25, 0.3) is 5.69 Å². The number of anilines is 1. The van der Waals surface area contributed by atoms with Gasteiger partial charge in [-0.15, -0.1) is 0 Å². The van der Waals surface area contributed by atoms with Crippen molar-refractivity contribution < 1.29 is 4.92 Å². The number of rotatable bonds is 2. The van der Waals surface area contributed by atoms with Gasteiger partial charge in [0, 0.05) is 17.8 Å². The average molecular weight is 294 g/mol. The molecule has 0 bridgehead atoms. The summed E-state index contributed by atoms with van der Waals surface area (Å²) in [6, 6.07) is 8.52. The van der Waals surface area contributed by atoms with E-state index in [9.17, 15) is 10.1 Å². The molecule has 0 saturated carbocycles. The lowest BCUT2D eigenvalue weighted by atomic mass is 10.0. The number of para-hydroxylation sites is 1. The van der Waals surface area contributed by atoms with E-state index >= 15 is 0 Å². The summed E-state index contributed by atoms with van der Waals surface area (Å²) in [5.74, 6) is 0.455. The predicted octanol–water partition coefficient (Wildman–Crippen LogP) is 3.40. The van der Waals surface area contributed by atoms with Gasteiger partial charge in [-0.25, -0.2) is 9.97 Å². The van der Waals surface area contributed by atoms with Crippen LogP contribution in [-0.2, 0) is 0 Å². The number of nitrogens with zero attached hydrogens (tertiary/aromatic N) is 3. The molecule has 6 nitrogen and oxygen atoms in total. The van der Waals surface area contributed by atoms with Crippen molar-refractivity contribution in [1.29, 1.82) is 0 Å². The first kappa shape index (κ1) is 13.9. The zero-order valence-electron chi connectivity index (χ0n) is 12.2. The smallest absolute Gasteiger partial charge is 0.280 e. The largest absolute Gasteiger partial charge is 0.383 e. The van der Waals surface area contributed by atoms with E-state index in [-0.39, 0.29) is 10.6 Å². The molecule has 0 spiro atoms. The minimum absolute atomic E-state index is 0.0366. The Labute approximate surface area is 126 Å². The molecular formula is C16H14N4O2. The van der Waals surface area contributed by atoms with Crippen LogP contribution in [0.1, 0.15) is 11.1 Å². The second-order valence-corrected chi connectivity index (χ2v) is 5.11. The molecule has 0 fully saturated rings. The van der Waals surface area contributed by atoms with Crippen LogP contribution < -0.4 is 5.73 Å². The van der Waals surface area contributed by atoms with Crippen LogP contribution in [0.5, 0.6) is 0 Å². The molecule has 2 N–H and O–H groups in total. The van der Waals surface area contributed by atoms with Gasteiger partial charge in [0.05, 0.1) is 21.5 Å². The lowest BCUT2D eigenvalue weighted by Gasteiger charge is -2.10. The fourth-order valence-electron chi connectivity index (χ4n) is 2.43. The standard InChI is InChI=1S/C16H14N4O2/c1-9-10(2)16(17)18-8-12(9)14-7-15(20(21)22)11-5-3-4-6-13(11)19-14/h3-8H,1-2H3,(H2,17,18). The second kappa shape index (κ2) is 5.07. The zero-order chi connectivity index (χ0) is 15.9. The summed E-state index contributed by atoms with van der Waals surface area (Å²) in [5, 5.41) is 11.9. The highest BCUT2D eigenvalue weighted by Crippen LogP contribution is 2.32. The molecule has 0 aliphatic heterocycles. The molecule has 0 amide bonds. The summed E-state index contributed by atoms with van der Waals surface area (Å²) in [6.07, 6.45) is 1.61. The molecule has 6 heteroatoms. The van der Waals surface area contributed by atoms with Gasteiger partial charge in [-0.2, -0.15) is 0 Å². The number of nitrogens with two attached hydrogens (primary N) is 1. The van der Waals surface area contributed by atoms with Crippen LogP contribution in [0.15, 0.2) is 36.5 Å². The number of benzene rings is 1. The fourth-order valence-corrected chi connectivity index (χ4v) is 2.43. The van der Waals surface area contributed by atoms with E-state index in [0.717, 1.165) is 16.7 Å². The molecule has 2 aromatic heterocycles. The number of nitro groups is 1. The highest BCUT2D eigenvalue weighted by molar-refractivity contribution is 5.90. The second-order valence-electron chi connectivity index (χ2n) is 5.11. The van der Waals surface area contributed by atoms with Crippen LogP contribution in [0.4, 0.5) is 11.5 Å². The van der Waals surface area contributed by atoms with Crippen molar-refractivity contribution in [2.45, 2.75) is 13.8 Å². The summed E-state index contributed by atoms with van der Waals surface area (Å²) in [4.78, 5) is 19.6. The molecule has 0 saturated heterocycles. The predicted molar refractivity (Wildman–Crippen MR) is 85.5 cm³/mol. The highest BCUT2D eigenvalue weighted by atomic mass is 16.6. The van der Waals surface area contributed by atoms with Crippen LogP contribution in [0.3, 0.4) is 0 Å². The first-order chi connectivity index (χ1) is 10.5. The Kier molecular flexibility index (Phi) is 3.21. The Morgan fingerprint density at radius 2 is 1.91 bits per heavy atom. The molecule has 22 heavy (non-hydrogen) atoms. The van der Waals surface area contributed by atoms with Crippen molar-refractivity contribution in [2.75, 3.05) is 5.73 Å². The van der Waals surface area contributed by atoms with Crippen LogP contribution in [0.25, 0.3) is 22.2 Å². The Balaban J connectivity index is 2.33. The van der Waals surface area contributed by atoms with Gasteiger partial charge in [0.2, 0.25) is 0 Å². The lowest BCUT2D eigenvalue weighted by molar-refractivity contribution is -0.383. The SMILES string of the molecule is Cc1c(-c2cc([N+](=O)[O-])c3ccccc3n2)cnc(N)c1C. The Bertz CT molecular complexity index is 906. The maximum absolute atomic E-state index is 11.3. The molecule has 0 atom stereocenters. The summed E-state index contributed by atoms with van der Waals surface area (Å²) < 4.78 is 0. The fraction of sp³-hybridized carbons (Fsp3) is 0.125. The topological polar surface area (TPSA) is 94.9 Å². The van der Waals surface area contributed by atoms with Crippen LogP contribution in [0, 0.1) is 24.0 Å². The molecule has 0 aliphatic rings. The minimum Gasteiger partial charge on any atom is -0.383 e. The van der Waals surface area contributed by atoms with Crippen molar-refractivity contribution in [2.24, 2.45) is 0 Å². The van der Waals surface area contributed by atoms with E-state index in [1.807, 2.05) is 19.9 Å². The molecule has 110 valence electrons. The quantitative estimate of drug-likeness (QED) is 0.577. The van der Waals surface area contributed by atoms with Gasteiger partial charge in [0.1, 0.15) is 5.82 Å². The van der Waals surface area contributed by atoms with E-state index in [0.29, 0.717) is 22.4 Å². The van der Waals surface area contributed by atoms with Gasteiger partial charge in [-0.3, -0.25) is 10.1 Å². The average Bonchev–Trinajstić information content (AvgIpc) is 2.51. The van der Waals surface area contributed by atoms with Gasteiger partial charge < -0.3 is 5.73 Å². The van der Waals surface area contributed by atoms with Crippen molar-refractivity contribution in [3.63, 3.8) is 0 Å². The molecule has 2 heterocycles. The Hall–Kier alpha value is -3.02. The molecule has 3 aromatic rings. The molecule has 0 unspecified atom stereocenters. The van der Waals surface area contributed by atoms with Crippen molar-refractivity contribution in [3.05, 3.63) is 57.8 Å². The number of aromatic nitrogens is 2. The summed E-state index contributed by atoms with van der Waals surface area (Å²) >= 11 is 0. The summed E-state index contributed by atoms with van der Waals surface area (Å²) in [5.41, 5.74) is 9.47. The van der Waals surface area contributed by atoms with Gasteiger partial charge in [0.15, 0.2) is 0 Å². The zero-order valence-corrected chi connectivity index (χ0v) is 12.2. The van der Waals surface area contributed by atoms with E-state index < -0.39 is 0 Å². The Morgan fingerprint density at radius 1 is 1.18 bits per heavy atom. The van der Waals surface area contributed by atoms with Crippen LogP contribution in [0.2, 0.25) is 0 Å². The first-order valence-electron chi connectivity index (χ1n) is 6.75. The molecular weight excluding hydrogens is 280 g/mol. The van der Waals surface area contributed by atoms with Crippen LogP contribution >= 0.6 is 0 Å². The van der Waals surface area contributed by atoms with E-state index in [1.165, 1.54) is 6.07 Å². The maximum atomic E-state index is 11.3. The number of hydrogen-bond donors (Lipinski definition) is 1. The number of pyridine rings is 2. The van der Waals surface area contributed by atoms with Crippen molar-refractivity contribution in [1.82, 2.24) is 9.97 Å². The molecule has 0 aliphatic carbocycles. The lowest BCUT2D eigenvalue weighted by Crippen LogP contribution is -2.00. The monoisotopic (exact) mass is 294 g/mol. The summed E-state index contributed by atoms with van der Waals surface area (Å²) in [6.45, 7) is 3.78. The third kappa shape index (κ3) is 2.14. The molecule has 0 radical (unpaired) electrons. The van der Waals surface area contributed by atoms with E-state index in [2.05, 4.69) is 9.97 Å². The van der Waals surface area contributed by atoms with Crippen molar-refractivity contribution in [3.8, 4) is 11.3 Å². The minimum atomic E-state index is -0.388. The van der Waals surface area contributed by atoms with E-state index in [4.69, 9.17) is 5.73 Å². The van der Waals surface area contributed by atoms with Crippen molar-refractivity contribution >= 4 is 22.4 Å². The summed E-state index contributed by atoms with van der Waals surface area (Å²) in [7, 11) is 0. The van der Waals surface area contributed by atoms with Gasteiger partial charge in [-0.1, -0.05) is 12.1 Å². The maximum Gasteiger partial charge on any atom is 0.280 e. The van der Waals surface area contributed by atoms with E-state index in [1.54, 1.807) is 24.4 Å².